The number of nitrogens with zero attached hydrogens (tertiary/aromatic N) is 1. The van der Waals surface area contributed by atoms with Gasteiger partial charge in [0.15, 0.2) is 0 Å². The van der Waals surface area contributed by atoms with Crippen LogP contribution in [0.2, 0.25) is 0 Å². The molecule has 1 aromatic heterocycles. The maximum Gasteiger partial charge on any atom is 0.106 e. The van der Waals surface area contributed by atoms with Gasteiger partial charge in [-0.15, -0.1) is 0 Å². The van der Waals surface area contributed by atoms with E-state index in [4.69, 9.17) is 0 Å². The van der Waals surface area contributed by atoms with Gasteiger partial charge in [0, 0.05) is 6.42 Å². The Kier molecular flexibility index (Phi) is 14.6. The predicted octanol–water partition coefficient (Wildman–Crippen LogP) is 7.27. The number of aliphatic hydroxyl groups is 1. The van der Waals surface area contributed by atoms with Crippen LogP contribution in [-0.2, 0) is 6.42 Å². The molecule has 1 unspecified atom stereocenters. The second-order valence-corrected chi connectivity index (χ2v) is 8.01. The fourth-order valence-electron chi connectivity index (χ4n) is 3.56. The van der Waals surface area contributed by atoms with Gasteiger partial charge in [-0.2, -0.15) is 0 Å². The number of aryl methyl sites for hydroxylation is 1. The van der Waals surface area contributed by atoms with Crippen LogP contribution in [0.5, 0.6) is 0 Å². The Morgan fingerprint density at radius 2 is 1.19 bits per heavy atom. The summed E-state index contributed by atoms with van der Waals surface area (Å²) in [4.78, 5) is 7.53. The van der Waals surface area contributed by atoms with E-state index < -0.39 is 6.10 Å². The molecule has 0 aliphatic rings. The smallest absolute Gasteiger partial charge is 0.106 e. The molecule has 3 nitrogen and oxygen atoms in total. The zero-order valence-corrected chi connectivity index (χ0v) is 17.6. The van der Waals surface area contributed by atoms with Crippen LogP contribution in [0.25, 0.3) is 0 Å². The Morgan fingerprint density at radius 1 is 0.769 bits per heavy atom. The molecule has 1 rings (SSSR count). The summed E-state index contributed by atoms with van der Waals surface area (Å²) in [5.41, 5.74) is 0.830. The van der Waals surface area contributed by atoms with E-state index in [0.29, 0.717) is 0 Å². The molecule has 152 valence electrons. The van der Waals surface area contributed by atoms with Crippen LogP contribution in [0.4, 0.5) is 0 Å². The lowest BCUT2D eigenvalue weighted by molar-refractivity contribution is 0.194. The molecule has 0 spiro atoms. The summed E-state index contributed by atoms with van der Waals surface area (Å²) in [5, 5.41) is 9.48. The van der Waals surface area contributed by atoms with Crippen LogP contribution < -0.4 is 0 Å². The van der Waals surface area contributed by atoms with E-state index in [1.165, 1.54) is 103 Å². The quantitative estimate of drug-likeness (QED) is 0.269. The van der Waals surface area contributed by atoms with E-state index >= 15 is 0 Å². The van der Waals surface area contributed by atoms with Gasteiger partial charge in [0.05, 0.1) is 18.0 Å². The summed E-state index contributed by atoms with van der Waals surface area (Å²) in [7, 11) is 0. The maximum absolute atomic E-state index is 9.48. The Labute approximate surface area is 162 Å². The molecule has 1 heterocycles. The molecular formula is C23H44N2O. The maximum atomic E-state index is 9.48. The number of aromatic nitrogens is 2. The van der Waals surface area contributed by atoms with Crippen LogP contribution >= 0.6 is 0 Å². The van der Waals surface area contributed by atoms with Gasteiger partial charge in [-0.25, -0.2) is 4.98 Å². The van der Waals surface area contributed by atoms with Crippen molar-refractivity contribution >= 4 is 0 Å². The molecule has 26 heavy (non-hydrogen) atoms. The normalized spacial score (nSPS) is 12.6. The second-order valence-electron chi connectivity index (χ2n) is 8.01. The molecule has 0 aromatic carbocycles. The summed E-state index contributed by atoms with van der Waals surface area (Å²) < 4.78 is 0. The number of imidazole rings is 1. The van der Waals surface area contributed by atoms with E-state index in [0.717, 1.165) is 17.9 Å². The predicted molar refractivity (Wildman–Crippen MR) is 112 cm³/mol. The SMILES string of the molecule is CCCCCCCCCCCCCCCCCCc1ncc(C(C)O)[nH]1. The van der Waals surface area contributed by atoms with Crippen LogP contribution in [0.1, 0.15) is 134 Å². The molecule has 3 heteroatoms. The molecule has 0 fully saturated rings. The van der Waals surface area contributed by atoms with E-state index in [9.17, 15) is 5.11 Å². The zero-order chi connectivity index (χ0) is 18.9. The summed E-state index contributed by atoms with van der Waals surface area (Å²) in [5.74, 6) is 1.02. The largest absolute Gasteiger partial charge is 0.387 e. The van der Waals surface area contributed by atoms with Crippen molar-refractivity contribution in [3.63, 3.8) is 0 Å². The van der Waals surface area contributed by atoms with Crippen molar-refractivity contribution in [1.82, 2.24) is 9.97 Å². The monoisotopic (exact) mass is 364 g/mol. The number of aliphatic hydroxyl groups excluding tert-OH is 1. The first kappa shape index (κ1) is 23.2. The molecule has 1 atom stereocenters. The molecule has 0 aliphatic carbocycles. The lowest BCUT2D eigenvalue weighted by Gasteiger charge is -2.03. The fourth-order valence-corrected chi connectivity index (χ4v) is 3.56. The van der Waals surface area contributed by atoms with Crippen molar-refractivity contribution in [2.24, 2.45) is 0 Å². The molecule has 1 aromatic rings. The highest BCUT2D eigenvalue weighted by molar-refractivity contribution is 5.03. The standard InChI is InChI=1S/C23H44N2O/c1-3-4-5-6-7-8-9-10-11-12-13-14-15-16-17-18-19-23-24-20-22(25-23)21(2)26/h20-21,26H,3-19H2,1-2H3,(H,24,25). The number of unbranched alkanes of at least 4 members (excludes halogenated alkanes) is 15. The third kappa shape index (κ3) is 12.5. The first-order chi connectivity index (χ1) is 12.7. The Morgan fingerprint density at radius 3 is 1.58 bits per heavy atom. The highest BCUT2D eigenvalue weighted by atomic mass is 16.3. The van der Waals surface area contributed by atoms with Gasteiger partial charge >= 0.3 is 0 Å². The van der Waals surface area contributed by atoms with Crippen LogP contribution in [0.15, 0.2) is 6.20 Å². The minimum absolute atomic E-state index is 0.443. The van der Waals surface area contributed by atoms with Crippen molar-refractivity contribution in [2.75, 3.05) is 0 Å². The van der Waals surface area contributed by atoms with E-state index in [1.807, 2.05) is 0 Å². The number of rotatable bonds is 18. The second kappa shape index (κ2) is 16.4. The number of nitrogens with one attached hydrogen (secondary N) is 1. The fraction of sp³-hybridized carbons (Fsp3) is 0.870. The van der Waals surface area contributed by atoms with Crippen LogP contribution in [0, 0.1) is 0 Å². The summed E-state index contributed by atoms with van der Waals surface area (Å²) in [6.45, 7) is 4.06. The number of H-pyrrole nitrogens is 1. The summed E-state index contributed by atoms with van der Waals surface area (Å²) >= 11 is 0. The Bertz CT molecular complexity index is 414. The molecule has 2 N–H and O–H groups in total. The highest BCUT2D eigenvalue weighted by Crippen LogP contribution is 2.14. The van der Waals surface area contributed by atoms with E-state index in [2.05, 4.69) is 16.9 Å². The first-order valence-corrected chi connectivity index (χ1v) is 11.5. The molecule has 0 saturated carbocycles. The number of hydrogen-bond acceptors (Lipinski definition) is 2. The van der Waals surface area contributed by atoms with Gasteiger partial charge in [0.1, 0.15) is 5.82 Å². The molecule has 0 radical (unpaired) electrons. The summed E-state index contributed by atoms with van der Waals surface area (Å²) in [6, 6.07) is 0. The molecule has 0 bridgehead atoms. The minimum Gasteiger partial charge on any atom is -0.387 e. The van der Waals surface area contributed by atoms with E-state index in [1.54, 1.807) is 13.1 Å². The minimum atomic E-state index is -0.443. The van der Waals surface area contributed by atoms with Crippen LogP contribution in [-0.4, -0.2) is 15.1 Å². The average molecular weight is 365 g/mol. The van der Waals surface area contributed by atoms with E-state index in [-0.39, 0.29) is 0 Å². The van der Waals surface area contributed by atoms with Gasteiger partial charge < -0.3 is 10.1 Å². The Balaban J connectivity index is 1.77. The van der Waals surface area contributed by atoms with Gasteiger partial charge in [-0.1, -0.05) is 103 Å². The molecule has 0 amide bonds. The lowest BCUT2D eigenvalue weighted by Crippen LogP contribution is -1.93. The van der Waals surface area contributed by atoms with Gasteiger partial charge in [0.25, 0.3) is 0 Å². The first-order valence-electron chi connectivity index (χ1n) is 11.5. The number of aromatic amines is 1. The van der Waals surface area contributed by atoms with Crippen molar-refractivity contribution in [3.05, 3.63) is 17.7 Å². The molecular weight excluding hydrogens is 320 g/mol. The van der Waals surface area contributed by atoms with Crippen molar-refractivity contribution in [1.29, 1.82) is 0 Å². The summed E-state index contributed by atoms with van der Waals surface area (Å²) in [6.07, 6.45) is 24.7. The highest BCUT2D eigenvalue weighted by Gasteiger charge is 2.05. The topological polar surface area (TPSA) is 48.9 Å². The third-order valence-corrected chi connectivity index (χ3v) is 5.37. The van der Waals surface area contributed by atoms with Crippen molar-refractivity contribution < 1.29 is 5.11 Å². The van der Waals surface area contributed by atoms with Gasteiger partial charge in [0.2, 0.25) is 0 Å². The van der Waals surface area contributed by atoms with Crippen LogP contribution in [0.3, 0.4) is 0 Å². The van der Waals surface area contributed by atoms with Gasteiger partial charge in [-0.3, -0.25) is 0 Å². The molecule has 0 saturated heterocycles. The average Bonchev–Trinajstić information content (AvgIpc) is 3.10. The van der Waals surface area contributed by atoms with Crippen molar-refractivity contribution in [3.8, 4) is 0 Å². The zero-order valence-electron chi connectivity index (χ0n) is 17.6. The van der Waals surface area contributed by atoms with Crippen molar-refractivity contribution in [2.45, 2.75) is 129 Å². The Hall–Kier alpha value is -0.830. The molecule has 0 aliphatic heterocycles. The number of hydrogen-bond donors (Lipinski definition) is 2. The van der Waals surface area contributed by atoms with Gasteiger partial charge in [-0.05, 0) is 13.3 Å². The third-order valence-electron chi connectivity index (χ3n) is 5.37. The lowest BCUT2D eigenvalue weighted by atomic mass is 10.0.